The standard InChI is InChI=1S/C19H19N5/c1-4-23-14(2)24(18-10-6-5-9-17(18)23)19-11-7-8-16(21-19)15-12-20-22(3)13-15/h5-13H,2,4H2,1,3H3. The van der Waals surface area contributed by atoms with E-state index in [1.54, 1.807) is 4.68 Å². The monoisotopic (exact) mass is 317 g/mol. The third-order valence-electron chi connectivity index (χ3n) is 4.26. The minimum absolute atomic E-state index is 0.866. The number of nitrogens with zero attached hydrogens (tertiary/aromatic N) is 5. The van der Waals surface area contributed by atoms with E-state index in [1.165, 1.54) is 5.69 Å². The SMILES string of the molecule is C=C1N(CC)c2ccccc2N1c1cccc(-c2cnn(C)c2)n1. The van der Waals surface area contributed by atoms with Gasteiger partial charge in [-0.3, -0.25) is 9.58 Å². The molecule has 5 nitrogen and oxygen atoms in total. The van der Waals surface area contributed by atoms with E-state index in [1.807, 2.05) is 43.7 Å². The zero-order valence-corrected chi connectivity index (χ0v) is 13.8. The van der Waals surface area contributed by atoms with Crippen LogP contribution >= 0.6 is 0 Å². The van der Waals surface area contributed by atoms with Gasteiger partial charge < -0.3 is 4.90 Å². The van der Waals surface area contributed by atoms with Gasteiger partial charge in [0.25, 0.3) is 0 Å². The molecule has 3 heterocycles. The third-order valence-corrected chi connectivity index (χ3v) is 4.26. The molecular formula is C19H19N5. The van der Waals surface area contributed by atoms with E-state index in [0.717, 1.165) is 35.1 Å². The first-order valence-electron chi connectivity index (χ1n) is 8.00. The Hall–Kier alpha value is -3.08. The van der Waals surface area contributed by atoms with Crippen LogP contribution in [-0.2, 0) is 7.05 Å². The van der Waals surface area contributed by atoms with E-state index in [4.69, 9.17) is 4.98 Å². The summed E-state index contributed by atoms with van der Waals surface area (Å²) in [7, 11) is 1.91. The molecule has 0 atom stereocenters. The number of para-hydroxylation sites is 2. The van der Waals surface area contributed by atoms with Crippen LogP contribution in [0.3, 0.4) is 0 Å². The van der Waals surface area contributed by atoms with Crippen LogP contribution in [0.2, 0.25) is 0 Å². The smallest absolute Gasteiger partial charge is 0.139 e. The topological polar surface area (TPSA) is 37.2 Å². The second kappa shape index (κ2) is 5.53. The number of hydrogen-bond donors (Lipinski definition) is 0. The summed E-state index contributed by atoms with van der Waals surface area (Å²) in [5.41, 5.74) is 4.18. The van der Waals surface area contributed by atoms with Gasteiger partial charge in [0.1, 0.15) is 11.6 Å². The van der Waals surface area contributed by atoms with Crippen LogP contribution in [0.1, 0.15) is 6.92 Å². The molecule has 1 aliphatic rings. The first-order chi connectivity index (χ1) is 11.7. The minimum atomic E-state index is 0.866. The highest BCUT2D eigenvalue weighted by Gasteiger charge is 2.30. The van der Waals surface area contributed by atoms with E-state index in [2.05, 4.69) is 46.6 Å². The second-order valence-electron chi connectivity index (χ2n) is 5.77. The van der Waals surface area contributed by atoms with Gasteiger partial charge in [-0.15, -0.1) is 0 Å². The van der Waals surface area contributed by atoms with Gasteiger partial charge >= 0.3 is 0 Å². The largest absolute Gasteiger partial charge is 0.326 e. The fourth-order valence-corrected chi connectivity index (χ4v) is 3.15. The van der Waals surface area contributed by atoms with Gasteiger partial charge in [-0.05, 0) is 31.2 Å². The van der Waals surface area contributed by atoms with Crippen molar-refractivity contribution in [3.63, 3.8) is 0 Å². The number of aryl methyl sites for hydroxylation is 1. The first-order valence-corrected chi connectivity index (χ1v) is 8.00. The average molecular weight is 317 g/mol. The minimum Gasteiger partial charge on any atom is -0.326 e. The Labute approximate surface area is 141 Å². The molecule has 1 aromatic carbocycles. The maximum absolute atomic E-state index is 4.84. The number of aromatic nitrogens is 3. The predicted octanol–water partition coefficient (Wildman–Crippen LogP) is 3.93. The first kappa shape index (κ1) is 14.5. The lowest BCUT2D eigenvalue weighted by atomic mass is 10.2. The normalized spacial score (nSPS) is 13.5. The summed E-state index contributed by atoms with van der Waals surface area (Å²) in [6.07, 6.45) is 3.80. The zero-order valence-electron chi connectivity index (χ0n) is 13.8. The van der Waals surface area contributed by atoms with Crippen LogP contribution in [0.5, 0.6) is 0 Å². The Bertz CT molecular complexity index is 911. The summed E-state index contributed by atoms with van der Waals surface area (Å²) in [4.78, 5) is 9.15. The molecule has 0 N–H and O–H groups in total. The van der Waals surface area contributed by atoms with E-state index in [-0.39, 0.29) is 0 Å². The molecule has 3 aromatic rings. The Morgan fingerprint density at radius 2 is 1.83 bits per heavy atom. The Balaban J connectivity index is 1.81. The molecule has 0 radical (unpaired) electrons. The number of benzene rings is 1. The molecule has 1 aliphatic heterocycles. The number of hydrogen-bond acceptors (Lipinski definition) is 4. The maximum atomic E-state index is 4.84. The summed E-state index contributed by atoms with van der Waals surface area (Å²) in [5, 5.41) is 4.23. The van der Waals surface area contributed by atoms with Crippen LogP contribution in [0.4, 0.5) is 17.2 Å². The van der Waals surface area contributed by atoms with Crippen LogP contribution in [0.25, 0.3) is 11.3 Å². The Morgan fingerprint density at radius 3 is 2.54 bits per heavy atom. The van der Waals surface area contributed by atoms with Crippen molar-refractivity contribution in [1.29, 1.82) is 0 Å². The quantitative estimate of drug-likeness (QED) is 0.733. The van der Waals surface area contributed by atoms with E-state index >= 15 is 0 Å². The van der Waals surface area contributed by atoms with E-state index in [0.29, 0.717) is 0 Å². The number of pyridine rings is 1. The van der Waals surface area contributed by atoms with Gasteiger partial charge in [-0.25, -0.2) is 4.98 Å². The van der Waals surface area contributed by atoms with Crippen molar-refractivity contribution in [3.05, 3.63) is 67.3 Å². The van der Waals surface area contributed by atoms with Crippen LogP contribution < -0.4 is 9.80 Å². The molecule has 2 aromatic heterocycles. The molecule has 0 fully saturated rings. The fourth-order valence-electron chi connectivity index (χ4n) is 3.15. The summed E-state index contributed by atoms with van der Waals surface area (Å²) in [5.74, 6) is 1.79. The molecule has 120 valence electrons. The number of anilines is 3. The lowest BCUT2D eigenvalue weighted by Gasteiger charge is -2.22. The Morgan fingerprint density at radius 1 is 1.04 bits per heavy atom. The number of fused-ring (bicyclic) bond motifs is 1. The molecule has 0 amide bonds. The van der Waals surface area contributed by atoms with E-state index in [9.17, 15) is 0 Å². The third kappa shape index (κ3) is 2.17. The Kier molecular flexibility index (Phi) is 3.34. The molecule has 0 aliphatic carbocycles. The molecular weight excluding hydrogens is 298 g/mol. The van der Waals surface area contributed by atoms with Crippen molar-refractivity contribution in [3.8, 4) is 11.3 Å². The van der Waals surface area contributed by atoms with Crippen molar-refractivity contribution in [1.82, 2.24) is 14.8 Å². The summed E-state index contributed by atoms with van der Waals surface area (Å²) in [6, 6.07) is 14.4. The summed E-state index contributed by atoms with van der Waals surface area (Å²) >= 11 is 0. The van der Waals surface area contributed by atoms with Gasteiger partial charge in [0.2, 0.25) is 0 Å². The van der Waals surface area contributed by atoms with Crippen molar-refractivity contribution >= 4 is 17.2 Å². The van der Waals surface area contributed by atoms with Crippen LogP contribution in [-0.4, -0.2) is 21.3 Å². The predicted molar refractivity (Wildman–Crippen MR) is 97.2 cm³/mol. The van der Waals surface area contributed by atoms with Crippen molar-refractivity contribution in [2.24, 2.45) is 7.05 Å². The van der Waals surface area contributed by atoms with Gasteiger partial charge in [-0.2, -0.15) is 5.10 Å². The van der Waals surface area contributed by atoms with Crippen molar-refractivity contribution in [2.75, 3.05) is 16.3 Å². The average Bonchev–Trinajstić information content (AvgIpc) is 3.15. The molecule has 5 heteroatoms. The molecule has 4 rings (SSSR count). The lowest BCUT2D eigenvalue weighted by molar-refractivity contribution is 0.768. The van der Waals surface area contributed by atoms with Gasteiger partial charge in [-0.1, -0.05) is 24.8 Å². The van der Waals surface area contributed by atoms with Gasteiger partial charge in [0.15, 0.2) is 0 Å². The fraction of sp³-hybridized carbons (Fsp3) is 0.158. The number of rotatable bonds is 3. The molecule has 0 unspecified atom stereocenters. The van der Waals surface area contributed by atoms with E-state index < -0.39 is 0 Å². The van der Waals surface area contributed by atoms with Crippen LogP contribution in [0.15, 0.2) is 67.3 Å². The summed E-state index contributed by atoms with van der Waals surface area (Å²) < 4.78 is 1.78. The highest BCUT2D eigenvalue weighted by Crippen LogP contribution is 2.44. The lowest BCUT2D eigenvalue weighted by Crippen LogP contribution is -2.24. The second-order valence-corrected chi connectivity index (χ2v) is 5.77. The zero-order chi connectivity index (χ0) is 16.7. The highest BCUT2D eigenvalue weighted by atomic mass is 15.4. The maximum Gasteiger partial charge on any atom is 0.139 e. The molecule has 24 heavy (non-hydrogen) atoms. The van der Waals surface area contributed by atoms with Gasteiger partial charge in [0, 0.05) is 25.4 Å². The molecule has 0 spiro atoms. The van der Waals surface area contributed by atoms with Crippen molar-refractivity contribution < 1.29 is 0 Å². The highest BCUT2D eigenvalue weighted by molar-refractivity contribution is 5.87. The van der Waals surface area contributed by atoms with Gasteiger partial charge in [0.05, 0.1) is 23.3 Å². The molecule has 0 saturated heterocycles. The molecule has 0 bridgehead atoms. The van der Waals surface area contributed by atoms with Crippen LogP contribution in [0, 0.1) is 0 Å². The molecule has 0 saturated carbocycles. The van der Waals surface area contributed by atoms with Crippen molar-refractivity contribution in [2.45, 2.75) is 6.92 Å². The summed E-state index contributed by atoms with van der Waals surface area (Å²) in [6.45, 7) is 7.28.